The molecule has 0 unspecified atom stereocenters. The zero-order chi connectivity index (χ0) is 13.7. The zero-order valence-electron chi connectivity index (χ0n) is 12.3. The normalized spacial score (nSPS) is 19.3. The van der Waals surface area contributed by atoms with Gasteiger partial charge in [0, 0.05) is 13.1 Å². The first kappa shape index (κ1) is 14.3. The van der Waals surface area contributed by atoms with E-state index in [9.17, 15) is 0 Å². The second-order valence-corrected chi connectivity index (χ2v) is 6.19. The van der Waals surface area contributed by atoms with Crippen molar-refractivity contribution in [3.63, 3.8) is 0 Å². The third-order valence-corrected chi connectivity index (χ3v) is 4.27. The fraction of sp³-hybridized carbons (Fsp3) is 0.529. The highest BCUT2D eigenvalue weighted by atomic mass is 15.1. The van der Waals surface area contributed by atoms with Gasteiger partial charge in [0.15, 0.2) is 0 Å². The predicted molar refractivity (Wildman–Crippen MR) is 83.2 cm³/mol. The van der Waals surface area contributed by atoms with Gasteiger partial charge in [-0.1, -0.05) is 43.8 Å². The maximum Gasteiger partial charge on any atom is 0.0205 e. The standard InChI is InChI=1S/C17H26N2/c1-15(16-7-5-4-6-8-16)13-18-14-17(2)9-11-19(3)12-10-17/h4-8,18H,1,9-14H2,2-3H3. The summed E-state index contributed by atoms with van der Waals surface area (Å²) in [6, 6.07) is 10.4. The molecule has 0 aromatic heterocycles. The van der Waals surface area contributed by atoms with Crippen molar-refractivity contribution in [1.82, 2.24) is 10.2 Å². The molecule has 19 heavy (non-hydrogen) atoms. The minimum absolute atomic E-state index is 0.448. The first-order valence-electron chi connectivity index (χ1n) is 7.22. The molecular weight excluding hydrogens is 232 g/mol. The van der Waals surface area contributed by atoms with E-state index in [4.69, 9.17) is 0 Å². The van der Waals surface area contributed by atoms with E-state index in [-0.39, 0.29) is 0 Å². The number of hydrogen-bond donors (Lipinski definition) is 1. The maximum atomic E-state index is 4.17. The third-order valence-electron chi connectivity index (χ3n) is 4.27. The largest absolute Gasteiger partial charge is 0.312 e. The molecule has 2 nitrogen and oxygen atoms in total. The minimum Gasteiger partial charge on any atom is -0.312 e. The summed E-state index contributed by atoms with van der Waals surface area (Å²) in [5.74, 6) is 0. The summed E-state index contributed by atoms with van der Waals surface area (Å²) in [4.78, 5) is 2.42. The Labute approximate surface area is 117 Å². The number of rotatable bonds is 5. The van der Waals surface area contributed by atoms with Crippen LogP contribution in [0, 0.1) is 5.41 Å². The molecule has 1 aromatic carbocycles. The van der Waals surface area contributed by atoms with Crippen LogP contribution in [-0.4, -0.2) is 38.1 Å². The fourth-order valence-electron chi connectivity index (χ4n) is 2.63. The highest BCUT2D eigenvalue weighted by Crippen LogP contribution is 2.29. The van der Waals surface area contributed by atoms with Crippen molar-refractivity contribution < 1.29 is 0 Å². The molecule has 1 heterocycles. The van der Waals surface area contributed by atoms with Crippen molar-refractivity contribution >= 4 is 5.57 Å². The highest BCUT2D eigenvalue weighted by molar-refractivity contribution is 5.64. The van der Waals surface area contributed by atoms with Crippen LogP contribution in [0.3, 0.4) is 0 Å². The van der Waals surface area contributed by atoms with Gasteiger partial charge in [-0.15, -0.1) is 0 Å². The lowest BCUT2D eigenvalue weighted by Gasteiger charge is -2.38. The number of likely N-dealkylation sites (tertiary alicyclic amines) is 1. The summed E-state index contributed by atoms with van der Waals surface area (Å²) in [6.07, 6.45) is 2.57. The Bertz CT molecular complexity index is 403. The lowest BCUT2D eigenvalue weighted by atomic mass is 9.80. The van der Waals surface area contributed by atoms with Crippen LogP contribution in [0.1, 0.15) is 25.3 Å². The Morgan fingerprint density at radius 2 is 1.89 bits per heavy atom. The Morgan fingerprint density at radius 3 is 2.53 bits per heavy atom. The van der Waals surface area contributed by atoms with Gasteiger partial charge in [0.25, 0.3) is 0 Å². The summed E-state index contributed by atoms with van der Waals surface area (Å²) in [5.41, 5.74) is 2.87. The van der Waals surface area contributed by atoms with Gasteiger partial charge in [-0.05, 0) is 49.5 Å². The molecule has 0 aliphatic carbocycles. The van der Waals surface area contributed by atoms with Gasteiger partial charge in [0.2, 0.25) is 0 Å². The van der Waals surface area contributed by atoms with E-state index in [1.165, 1.54) is 37.1 Å². The van der Waals surface area contributed by atoms with Gasteiger partial charge in [-0.3, -0.25) is 0 Å². The van der Waals surface area contributed by atoms with Crippen LogP contribution in [0.4, 0.5) is 0 Å². The topological polar surface area (TPSA) is 15.3 Å². The molecule has 0 amide bonds. The van der Waals surface area contributed by atoms with Crippen LogP contribution in [0.15, 0.2) is 36.9 Å². The molecule has 1 N–H and O–H groups in total. The Hall–Kier alpha value is -1.12. The van der Waals surface area contributed by atoms with E-state index < -0.39 is 0 Å². The zero-order valence-corrected chi connectivity index (χ0v) is 12.3. The SMILES string of the molecule is C=C(CNCC1(C)CCN(C)CC1)c1ccccc1. The van der Waals surface area contributed by atoms with Crippen molar-refractivity contribution in [3.05, 3.63) is 42.5 Å². The molecule has 1 aliphatic heterocycles. The second-order valence-electron chi connectivity index (χ2n) is 6.19. The smallest absolute Gasteiger partial charge is 0.0205 e. The molecule has 1 aliphatic rings. The van der Waals surface area contributed by atoms with Crippen LogP contribution in [0.25, 0.3) is 5.57 Å². The molecule has 1 fully saturated rings. The molecular formula is C17H26N2. The van der Waals surface area contributed by atoms with Crippen molar-refractivity contribution in [1.29, 1.82) is 0 Å². The van der Waals surface area contributed by atoms with Gasteiger partial charge in [0.1, 0.15) is 0 Å². The maximum absolute atomic E-state index is 4.17. The molecule has 0 radical (unpaired) electrons. The van der Waals surface area contributed by atoms with E-state index >= 15 is 0 Å². The number of benzene rings is 1. The molecule has 0 atom stereocenters. The highest BCUT2D eigenvalue weighted by Gasteiger charge is 2.28. The number of piperidine rings is 1. The Kier molecular flexibility index (Phi) is 4.78. The van der Waals surface area contributed by atoms with E-state index in [2.05, 4.69) is 55.0 Å². The Morgan fingerprint density at radius 1 is 1.26 bits per heavy atom. The van der Waals surface area contributed by atoms with Crippen LogP contribution in [-0.2, 0) is 0 Å². The van der Waals surface area contributed by atoms with Gasteiger partial charge in [-0.2, -0.15) is 0 Å². The van der Waals surface area contributed by atoms with E-state index in [0.717, 1.165) is 13.1 Å². The van der Waals surface area contributed by atoms with Crippen molar-refractivity contribution in [3.8, 4) is 0 Å². The van der Waals surface area contributed by atoms with Crippen molar-refractivity contribution in [2.75, 3.05) is 33.2 Å². The fourth-order valence-corrected chi connectivity index (χ4v) is 2.63. The van der Waals surface area contributed by atoms with Crippen LogP contribution in [0.5, 0.6) is 0 Å². The Balaban J connectivity index is 1.76. The minimum atomic E-state index is 0.448. The van der Waals surface area contributed by atoms with Crippen LogP contribution < -0.4 is 5.32 Å². The summed E-state index contributed by atoms with van der Waals surface area (Å²) in [7, 11) is 2.21. The molecule has 1 aromatic rings. The number of hydrogen-bond acceptors (Lipinski definition) is 2. The first-order valence-corrected chi connectivity index (χ1v) is 7.22. The predicted octanol–water partition coefficient (Wildman–Crippen LogP) is 3.02. The summed E-state index contributed by atoms with van der Waals surface area (Å²) < 4.78 is 0. The molecule has 2 rings (SSSR count). The first-order chi connectivity index (χ1) is 9.09. The van der Waals surface area contributed by atoms with Gasteiger partial charge >= 0.3 is 0 Å². The van der Waals surface area contributed by atoms with E-state index in [1.807, 2.05) is 6.07 Å². The molecule has 2 heteroatoms. The molecule has 0 saturated carbocycles. The molecule has 0 bridgehead atoms. The summed E-state index contributed by atoms with van der Waals surface area (Å²) >= 11 is 0. The molecule has 1 saturated heterocycles. The van der Waals surface area contributed by atoms with E-state index in [1.54, 1.807) is 0 Å². The van der Waals surface area contributed by atoms with Gasteiger partial charge in [0.05, 0.1) is 0 Å². The van der Waals surface area contributed by atoms with Crippen LogP contribution >= 0.6 is 0 Å². The number of nitrogens with one attached hydrogen (secondary N) is 1. The molecule has 0 spiro atoms. The van der Waals surface area contributed by atoms with Crippen LogP contribution in [0.2, 0.25) is 0 Å². The third kappa shape index (κ3) is 4.19. The number of nitrogens with zero attached hydrogens (tertiary/aromatic N) is 1. The lowest BCUT2D eigenvalue weighted by molar-refractivity contribution is 0.138. The second kappa shape index (κ2) is 6.36. The van der Waals surface area contributed by atoms with Gasteiger partial charge in [-0.25, -0.2) is 0 Å². The monoisotopic (exact) mass is 258 g/mol. The quantitative estimate of drug-likeness (QED) is 0.873. The summed E-state index contributed by atoms with van der Waals surface area (Å²) in [6.45, 7) is 11.0. The average molecular weight is 258 g/mol. The molecule has 104 valence electrons. The van der Waals surface area contributed by atoms with Crippen molar-refractivity contribution in [2.24, 2.45) is 5.41 Å². The van der Waals surface area contributed by atoms with E-state index in [0.29, 0.717) is 5.41 Å². The lowest BCUT2D eigenvalue weighted by Crippen LogP contribution is -2.42. The van der Waals surface area contributed by atoms with Crippen molar-refractivity contribution in [2.45, 2.75) is 19.8 Å². The summed E-state index contributed by atoms with van der Waals surface area (Å²) in [5, 5.41) is 3.59. The average Bonchev–Trinajstić information content (AvgIpc) is 2.43. The van der Waals surface area contributed by atoms with Gasteiger partial charge < -0.3 is 10.2 Å².